The molecule has 0 rings (SSSR count). The summed E-state index contributed by atoms with van der Waals surface area (Å²) in [7, 11) is -1.08. The van der Waals surface area contributed by atoms with Crippen molar-refractivity contribution in [3.8, 4) is 0 Å². The molecule has 0 atom stereocenters. The highest BCUT2D eigenvalue weighted by Crippen LogP contribution is 2.44. The van der Waals surface area contributed by atoms with Gasteiger partial charge in [0.1, 0.15) is 0 Å². The summed E-state index contributed by atoms with van der Waals surface area (Å²) in [5, 5.41) is 0.557. The molecule has 0 aromatic rings. The highest BCUT2D eigenvalue weighted by atomic mass is 28.3. The lowest BCUT2D eigenvalue weighted by molar-refractivity contribution is 0.615. The average molecular weight is 214 g/mol. The second kappa shape index (κ2) is 4.83. The van der Waals surface area contributed by atoms with Crippen LogP contribution in [-0.4, -0.2) is 8.07 Å². The summed E-state index contributed by atoms with van der Waals surface area (Å²) in [6, 6.07) is 2.96. The first-order valence-electron chi connectivity index (χ1n) is 6.08. The molecule has 0 aromatic heterocycles. The van der Waals surface area contributed by atoms with Crippen LogP contribution < -0.4 is 0 Å². The van der Waals surface area contributed by atoms with Crippen LogP contribution in [0.25, 0.3) is 0 Å². The third-order valence-corrected chi connectivity index (χ3v) is 10.6. The molecule has 0 radical (unpaired) electrons. The van der Waals surface area contributed by atoms with Crippen molar-refractivity contribution in [1.82, 2.24) is 0 Å². The summed E-state index contributed by atoms with van der Waals surface area (Å²) in [6.07, 6.45) is 0. The van der Waals surface area contributed by atoms with Gasteiger partial charge in [0, 0.05) is 0 Å². The molecular weight excluding hydrogens is 184 g/mol. The number of hydrogen-bond donors (Lipinski definition) is 0. The predicted molar refractivity (Wildman–Crippen MR) is 70.6 cm³/mol. The van der Waals surface area contributed by atoms with Crippen molar-refractivity contribution in [3.63, 3.8) is 0 Å². The maximum absolute atomic E-state index is 2.60. The number of hydrogen-bond acceptors (Lipinski definition) is 0. The molecule has 0 aliphatic carbocycles. The fourth-order valence-corrected chi connectivity index (χ4v) is 7.49. The zero-order valence-corrected chi connectivity index (χ0v) is 12.6. The fourth-order valence-electron chi connectivity index (χ4n) is 2.50. The minimum atomic E-state index is -1.08. The summed E-state index contributed by atoms with van der Waals surface area (Å²) in [5.41, 5.74) is 0. The molecular formula is C13H30Si. The lowest BCUT2D eigenvalue weighted by Gasteiger charge is -2.43. The van der Waals surface area contributed by atoms with Crippen LogP contribution in [0.4, 0.5) is 0 Å². The summed E-state index contributed by atoms with van der Waals surface area (Å²) >= 11 is 0. The Morgan fingerprint density at radius 2 is 1.14 bits per heavy atom. The minimum Gasteiger partial charge on any atom is -0.0688 e. The van der Waals surface area contributed by atoms with Crippen molar-refractivity contribution >= 4 is 8.07 Å². The molecule has 0 aliphatic heterocycles. The Hall–Kier alpha value is 0.217. The molecule has 86 valence electrons. The van der Waals surface area contributed by atoms with Gasteiger partial charge in [-0.2, -0.15) is 0 Å². The summed E-state index contributed by atoms with van der Waals surface area (Å²) in [6.45, 7) is 19.4. The molecule has 0 amide bonds. The van der Waals surface area contributed by atoms with Gasteiger partial charge in [-0.05, 0) is 16.9 Å². The van der Waals surface area contributed by atoms with E-state index in [1.54, 1.807) is 0 Å². The quantitative estimate of drug-likeness (QED) is 0.566. The fraction of sp³-hybridized carbons (Fsp3) is 1.00. The largest absolute Gasteiger partial charge is 0.0688 e. The Kier molecular flexibility index (Phi) is 4.90. The van der Waals surface area contributed by atoms with E-state index in [9.17, 15) is 0 Å². The third kappa shape index (κ3) is 4.16. The number of rotatable bonds is 4. The molecule has 0 fully saturated rings. The van der Waals surface area contributed by atoms with Gasteiger partial charge in [0.25, 0.3) is 0 Å². The standard InChI is InChI=1S/C13H30Si/c1-11(2)9-14(8,10-12(3)4)13(5,6)7/h11-12H,9-10H2,1-8H3. The van der Waals surface area contributed by atoms with E-state index in [0.717, 1.165) is 11.8 Å². The Labute approximate surface area is 92.5 Å². The Bertz CT molecular complexity index is 153. The average Bonchev–Trinajstić information content (AvgIpc) is 1.78. The molecule has 0 aliphatic rings. The van der Waals surface area contributed by atoms with E-state index in [1.165, 1.54) is 12.1 Å². The van der Waals surface area contributed by atoms with Gasteiger partial charge in [-0.15, -0.1) is 0 Å². The summed E-state index contributed by atoms with van der Waals surface area (Å²) in [5.74, 6) is 1.73. The van der Waals surface area contributed by atoms with Crippen molar-refractivity contribution in [2.24, 2.45) is 11.8 Å². The van der Waals surface area contributed by atoms with E-state index in [4.69, 9.17) is 0 Å². The molecule has 1 heteroatoms. The van der Waals surface area contributed by atoms with E-state index in [1.807, 2.05) is 0 Å². The van der Waals surface area contributed by atoms with Crippen LogP contribution in [-0.2, 0) is 0 Å². The van der Waals surface area contributed by atoms with E-state index in [0.29, 0.717) is 5.04 Å². The van der Waals surface area contributed by atoms with Gasteiger partial charge in [-0.25, -0.2) is 0 Å². The molecule has 14 heavy (non-hydrogen) atoms. The van der Waals surface area contributed by atoms with E-state index >= 15 is 0 Å². The first kappa shape index (κ1) is 14.2. The molecule has 0 saturated heterocycles. The predicted octanol–water partition coefficient (Wildman–Crippen LogP) is 5.18. The van der Waals surface area contributed by atoms with Gasteiger partial charge in [0.15, 0.2) is 0 Å². The second-order valence-electron chi connectivity index (χ2n) is 7.01. The first-order valence-corrected chi connectivity index (χ1v) is 9.00. The SMILES string of the molecule is CC(C)C[Si](C)(CC(C)C)C(C)(C)C. The Balaban J connectivity index is 4.67. The lowest BCUT2D eigenvalue weighted by atomic mass is 10.2. The lowest BCUT2D eigenvalue weighted by Crippen LogP contribution is -2.42. The van der Waals surface area contributed by atoms with Crippen LogP contribution in [0.5, 0.6) is 0 Å². The van der Waals surface area contributed by atoms with E-state index in [-0.39, 0.29) is 0 Å². The van der Waals surface area contributed by atoms with Crippen LogP contribution >= 0.6 is 0 Å². The second-order valence-corrected chi connectivity index (χ2v) is 12.4. The highest BCUT2D eigenvalue weighted by molar-refractivity contribution is 6.81. The normalized spacial score (nSPS) is 14.1. The van der Waals surface area contributed by atoms with Crippen molar-refractivity contribution in [1.29, 1.82) is 0 Å². The molecule has 0 spiro atoms. The molecule has 0 heterocycles. The smallest absolute Gasteiger partial charge is 0.0563 e. The molecule has 0 aromatic carbocycles. The molecule has 0 bridgehead atoms. The maximum Gasteiger partial charge on any atom is 0.0563 e. The summed E-state index contributed by atoms with van der Waals surface area (Å²) < 4.78 is 0. The summed E-state index contributed by atoms with van der Waals surface area (Å²) in [4.78, 5) is 0. The van der Waals surface area contributed by atoms with Crippen molar-refractivity contribution in [2.75, 3.05) is 0 Å². The van der Waals surface area contributed by atoms with Crippen LogP contribution in [0.3, 0.4) is 0 Å². The van der Waals surface area contributed by atoms with Gasteiger partial charge >= 0.3 is 0 Å². The first-order chi connectivity index (χ1) is 6.08. The van der Waals surface area contributed by atoms with Gasteiger partial charge in [0.05, 0.1) is 8.07 Å². The van der Waals surface area contributed by atoms with Crippen molar-refractivity contribution in [3.05, 3.63) is 0 Å². The minimum absolute atomic E-state index is 0.557. The monoisotopic (exact) mass is 214 g/mol. The van der Waals surface area contributed by atoms with Gasteiger partial charge in [-0.3, -0.25) is 0 Å². The molecule has 0 nitrogen and oxygen atoms in total. The molecule has 0 unspecified atom stereocenters. The zero-order chi connectivity index (χ0) is 11.6. The van der Waals surface area contributed by atoms with Crippen LogP contribution in [0, 0.1) is 11.8 Å². The topological polar surface area (TPSA) is 0 Å². The van der Waals surface area contributed by atoms with E-state index in [2.05, 4.69) is 55.0 Å². The highest BCUT2D eigenvalue weighted by Gasteiger charge is 2.39. The molecule has 0 saturated carbocycles. The Morgan fingerprint density at radius 1 is 0.857 bits per heavy atom. The van der Waals surface area contributed by atoms with Crippen LogP contribution in [0.2, 0.25) is 23.7 Å². The van der Waals surface area contributed by atoms with Gasteiger partial charge in [0.2, 0.25) is 0 Å². The van der Waals surface area contributed by atoms with Crippen molar-refractivity contribution in [2.45, 2.75) is 72.1 Å². The zero-order valence-electron chi connectivity index (χ0n) is 11.6. The van der Waals surface area contributed by atoms with E-state index < -0.39 is 8.07 Å². The Morgan fingerprint density at radius 3 is 1.29 bits per heavy atom. The van der Waals surface area contributed by atoms with Crippen LogP contribution in [0.1, 0.15) is 48.5 Å². The van der Waals surface area contributed by atoms with Gasteiger partial charge in [-0.1, -0.05) is 67.1 Å². The maximum atomic E-state index is 2.60. The third-order valence-electron chi connectivity index (χ3n) is 3.53. The van der Waals surface area contributed by atoms with Crippen LogP contribution in [0.15, 0.2) is 0 Å². The molecule has 0 N–H and O–H groups in total. The van der Waals surface area contributed by atoms with Crippen molar-refractivity contribution < 1.29 is 0 Å². The van der Waals surface area contributed by atoms with Gasteiger partial charge < -0.3 is 0 Å².